The van der Waals surface area contributed by atoms with Crippen molar-refractivity contribution in [2.75, 3.05) is 32.9 Å². The first-order valence-electron chi connectivity index (χ1n) is 9.86. The monoisotopic (exact) mass is 438 g/mol. The van der Waals surface area contributed by atoms with Crippen LogP contribution in [0.5, 0.6) is 23.0 Å². The molecule has 1 aliphatic heterocycles. The van der Waals surface area contributed by atoms with E-state index in [1.54, 1.807) is 6.07 Å². The number of carbonyl (C=O) groups is 2. The number of carbonyl (C=O) groups excluding carboxylic acids is 2. The molecule has 0 saturated carbocycles. The summed E-state index contributed by atoms with van der Waals surface area (Å²) in [6.45, 7) is 0.583. The van der Waals surface area contributed by atoms with Gasteiger partial charge in [0.1, 0.15) is 0 Å². The van der Waals surface area contributed by atoms with Gasteiger partial charge in [0.2, 0.25) is 6.79 Å². The number of amides is 2. The first-order chi connectivity index (χ1) is 15.6. The smallest absolute Gasteiger partial charge is 0.291 e. The topological polar surface area (TPSA) is 108 Å². The van der Waals surface area contributed by atoms with Gasteiger partial charge >= 0.3 is 0 Å². The van der Waals surface area contributed by atoms with E-state index in [0.29, 0.717) is 36.0 Å². The summed E-state index contributed by atoms with van der Waals surface area (Å²) in [5, 5.41) is 5.57. The Morgan fingerprint density at radius 3 is 2.50 bits per heavy atom. The molecule has 9 nitrogen and oxygen atoms in total. The fourth-order valence-electron chi connectivity index (χ4n) is 3.27. The van der Waals surface area contributed by atoms with Crippen molar-refractivity contribution in [1.29, 1.82) is 0 Å². The van der Waals surface area contributed by atoms with Crippen molar-refractivity contribution >= 4 is 17.5 Å². The number of hydrogen-bond donors (Lipinski definition) is 2. The molecule has 2 N–H and O–H groups in total. The SMILES string of the molecule is COc1cc(NC(=O)c2ccco2)c(C(=O)NCCc2ccc3c(c2)OCO3)cc1OC. The third kappa shape index (κ3) is 4.46. The second kappa shape index (κ2) is 9.34. The molecule has 9 heteroatoms. The molecule has 0 aliphatic carbocycles. The van der Waals surface area contributed by atoms with E-state index in [4.69, 9.17) is 23.4 Å². The summed E-state index contributed by atoms with van der Waals surface area (Å²) in [7, 11) is 2.95. The van der Waals surface area contributed by atoms with E-state index in [1.807, 2.05) is 18.2 Å². The number of methoxy groups -OCH3 is 2. The molecule has 1 aliphatic rings. The zero-order chi connectivity index (χ0) is 22.5. The summed E-state index contributed by atoms with van der Waals surface area (Å²) >= 11 is 0. The Balaban J connectivity index is 1.49. The molecule has 4 rings (SSSR count). The molecular formula is C23H22N2O7. The lowest BCUT2D eigenvalue weighted by molar-refractivity contribution is 0.0954. The van der Waals surface area contributed by atoms with Crippen molar-refractivity contribution in [1.82, 2.24) is 5.32 Å². The minimum atomic E-state index is -0.489. The predicted molar refractivity (Wildman–Crippen MR) is 115 cm³/mol. The third-order valence-corrected chi connectivity index (χ3v) is 4.90. The summed E-state index contributed by atoms with van der Waals surface area (Å²) in [5.41, 5.74) is 1.49. The molecule has 166 valence electrons. The van der Waals surface area contributed by atoms with E-state index in [2.05, 4.69) is 10.6 Å². The number of furan rings is 1. The second-order valence-corrected chi connectivity index (χ2v) is 6.88. The van der Waals surface area contributed by atoms with E-state index in [0.717, 1.165) is 5.56 Å². The van der Waals surface area contributed by atoms with Gasteiger partial charge in [-0.2, -0.15) is 0 Å². The Morgan fingerprint density at radius 1 is 0.969 bits per heavy atom. The molecule has 2 aromatic carbocycles. The van der Waals surface area contributed by atoms with Gasteiger partial charge in [-0.1, -0.05) is 6.07 Å². The maximum atomic E-state index is 13.0. The Bertz CT molecular complexity index is 1130. The van der Waals surface area contributed by atoms with Crippen LogP contribution in [0.3, 0.4) is 0 Å². The van der Waals surface area contributed by atoms with E-state index >= 15 is 0 Å². The number of fused-ring (bicyclic) bond motifs is 1. The normalized spacial score (nSPS) is 11.7. The van der Waals surface area contributed by atoms with Crippen molar-refractivity contribution in [3.63, 3.8) is 0 Å². The van der Waals surface area contributed by atoms with Crippen LogP contribution >= 0.6 is 0 Å². The van der Waals surface area contributed by atoms with E-state index in [-0.39, 0.29) is 29.7 Å². The molecule has 0 unspecified atom stereocenters. The van der Waals surface area contributed by atoms with Gasteiger partial charge in [-0.15, -0.1) is 0 Å². The van der Waals surface area contributed by atoms with Crippen molar-refractivity contribution in [3.05, 3.63) is 65.6 Å². The highest BCUT2D eigenvalue weighted by molar-refractivity contribution is 6.08. The van der Waals surface area contributed by atoms with Gasteiger partial charge in [0, 0.05) is 12.6 Å². The number of hydrogen-bond acceptors (Lipinski definition) is 7. The summed E-state index contributed by atoms with van der Waals surface area (Å²) < 4.78 is 26.4. The number of nitrogens with one attached hydrogen (secondary N) is 2. The van der Waals surface area contributed by atoms with Crippen molar-refractivity contribution in [3.8, 4) is 23.0 Å². The Labute approximate surface area is 184 Å². The van der Waals surface area contributed by atoms with Crippen LogP contribution in [0.4, 0.5) is 5.69 Å². The molecular weight excluding hydrogens is 416 g/mol. The van der Waals surface area contributed by atoms with Crippen LogP contribution in [0.2, 0.25) is 0 Å². The predicted octanol–water partition coefficient (Wildman–Crippen LogP) is 3.25. The average molecular weight is 438 g/mol. The van der Waals surface area contributed by atoms with E-state index < -0.39 is 5.91 Å². The third-order valence-electron chi connectivity index (χ3n) is 4.90. The van der Waals surface area contributed by atoms with Gasteiger partial charge in [-0.05, 0) is 42.3 Å². The highest BCUT2D eigenvalue weighted by atomic mass is 16.7. The molecule has 0 saturated heterocycles. The second-order valence-electron chi connectivity index (χ2n) is 6.88. The average Bonchev–Trinajstić information content (AvgIpc) is 3.50. The molecule has 2 amide bonds. The first kappa shape index (κ1) is 21.1. The summed E-state index contributed by atoms with van der Waals surface area (Å²) in [4.78, 5) is 25.4. The van der Waals surface area contributed by atoms with Gasteiger partial charge in [0.15, 0.2) is 28.8 Å². The number of ether oxygens (including phenoxy) is 4. The lowest BCUT2D eigenvalue weighted by atomic mass is 10.1. The standard InChI is InChI=1S/C23H22N2O7/c1-28-19-11-15(16(12-20(19)29-2)25-23(27)18-4-3-9-30-18)22(26)24-8-7-14-5-6-17-21(10-14)32-13-31-17/h3-6,9-12H,7-8,13H2,1-2H3,(H,24,26)(H,25,27). The number of rotatable bonds is 8. The van der Waals surface area contributed by atoms with Crippen LogP contribution in [-0.4, -0.2) is 39.4 Å². The number of benzene rings is 2. The minimum Gasteiger partial charge on any atom is -0.493 e. The highest BCUT2D eigenvalue weighted by Gasteiger charge is 2.20. The van der Waals surface area contributed by atoms with Gasteiger partial charge in [-0.3, -0.25) is 9.59 Å². The van der Waals surface area contributed by atoms with Crippen LogP contribution < -0.4 is 29.6 Å². The molecule has 32 heavy (non-hydrogen) atoms. The molecule has 0 fully saturated rings. The number of anilines is 1. The fourth-order valence-corrected chi connectivity index (χ4v) is 3.27. The molecule has 0 atom stereocenters. The lowest BCUT2D eigenvalue weighted by Crippen LogP contribution is -2.27. The van der Waals surface area contributed by atoms with Gasteiger partial charge in [0.05, 0.1) is 31.7 Å². The largest absolute Gasteiger partial charge is 0.493 e. The summed E-state index contributed by atoms with van der Waals surface area (Å²) in [5.74, 6) is 1.40. The van der Waals surface area contributed by atoms with E-state index in [9.17, 15) is 9.59 Å². The molecule has 2 heterocycles. The fraction of sp³-hybridized carbons (Fsp3) is 0.217. The zero-order valence-electron chi connectivity index (χ0n) is 17.6. The summed E-state index contributed by atoms with van der Waals surface area (Å²) in [6, 6.07) is 11.8. The van der Waals surface area contributed by atoms with Crippen LogP contribution in [0, 0.1) is 0 Å². The Morgan fingerprint density at radius 2 is 1.75 bits per heavy atom. The highest BCUT2D eigenvalue weighted by Crippen LogP contribution is 2.34. The van der Waals surface area contributed by atoms with Crippen LogP contribution in [0.25, 0.3) is 0 Å². The van der Waals surface area contributed by atoms with Crippen molar-refractivity contribution < 1.29 is 33.0 Å². The lowest BCUT2D eigenvalue weighted by Gasteiger charge is -2.15. The van der Waals surface area contributed by atoms with Gasteiger partial charge < -0.3 is 34.0 Å². The maximum absolute atomic E-state index is 13.0. The maximum Gasteiger partial charge on any atom is 0.291 e. The first-order valence-corrected chi connectivity index (χ1v) is 9.86. The molecule has 0 spiro atoms. The van der Waals surface area contributed by atoms with E-state index in [1.165, 1.54) is 38.7 Å². The Kier molecular flexibility index (Phi) is 6.16. The van der Waals surface area contributed by atoms with Crippen LogP contribution in [-0.2, 0) is 6.42 Å². The quantitative estimate of drug-likeness (QED) is 0.556. The van der Waals surface area contributed by atoms with Gasteiger partial charge in [-0.25, -0.2) is 0 Å². The van der Waals surface area contributed by atoms with Crippen LogP contribution in [0.15, 0.2) is 53.1 Å². The van der Waals surface area contributed by atoms with Crippen molar-refractivity contribution in [2.24, 2.45) is 0 Å². The molecule has 0 radical (unpaired) electrons. The minimum absolute atomic E-state index is 0.119. The molecule has 0 bridgehead atoms. The van der Waals surface area contributed by atoms with Gasteiger partial charge in [0.25, 0.3) is 11.8 Å². The Hall–Kier alpha value is -4.14. The molecule has 1 aromatic heterocycles. The molecule has 3 aromatic rings. The van der Waals surface area contributed by atoms with Crippen LogP contribution in [0.1, 0.15) is 26.5 Å². The zero-order valence-corrected chi connectivity index (χ0v) is 17.6. The summed E-state index contributed by atoms with van der Waals surface area (Å²) in [6.07, 6.45) is 1.98. The van der Waals surface area contributed by atoms with Crippen molar-refractivity contribution in [2.45, 2.75) is 6.42 Å².